The molecule has 1 aromatic heterocycles. The van der Waals surface area contributed by atoms with Crippen molar-refractivity contribution < 1.29 is 9.18 Å². The van der Waals surface area contributed by atoms with Crippen molar-refractivity contribution in [1.82, 2.24) is 25.4 Å². The molecule has 0 unspecified atom stereocenters. The molecule has 21 heavy (non-hydrogen) atoms. The normalized spacial score (nSPS) is 11.9. The quantitative estimate of drug-likeness (QED) is 0.798. The average Bonchev–Trinajstić information content (AvgIpc) is 2.97. The van der Waals surface area contributed by atoms with E-state index < -0.39 is 0 Å². The Hall–Kier alpha value is -2.44. The number of hydrogen-bond acceptors (Lipinski definition) is 3. The molecule has 0 aliphatic carbocycles. The molecule has 0 aliphatic heterocycles. The molecule has 1 heterocycles. The van der Waals surface area contributed by atoms with Crippen LogP contribution >= 0.6 is 0 Å². The first-order chi connectivity index (χ1) is 10.2. The molecule has 0 spiro atoms. The Labute approximate surface area is 122 Å². The average molecular weight is 291 g/mol. The second-order valence-corrected chi connectivity index (χ2v) is 4.66. The smallest absolute Gasteiger partial charge is 0.315 e. The van der Waals surface area contributed by atoms with E-state index in [9.17, 15) is 9.18 Å². The molecular formula is C14H18FN5O. The number of carbonyl (C=O) groups excluding carboxylic acids is 1. The van der Waals surface area contributed by atoms with E-state index >= 15 is 0 Å². The molecule has 6 nitrogen and oxygen atoms in total. The van der Waals surface area contributed by atoms with Gasteiger partial charge in [0.1, 0.15) is 18.5 Å². The van der Waals surface area contributed by atoms with E-state index in [4.69, 9.17) is 0 Å². The second kappa shape index (κ2) is 7.37. The van der Waals surface area contributed by atoms with Crippen molar-refractivity contribution in [1.29, 1.82) is 0 Å². The molecule has 2 N–H and O–H groups in total. The lowest BCUT2D eigenvalue weighted by atomic mass is 10.1. The van der Waals surface area contributed by atoms with Crippen molar-refractivity contribution in [3.8, 4) is 0 Å². The molecule has 7 heteroatoms. The number of hydrogen-bond donors (Lipinski definition) is 2. The summed E-state index contributed by atoms with van der Waals surface area (Å²) in [5, 5.41) is 9.40. The van der Waals surface area contributed by atoms with Gasteiger partial charge in [0.05, 0.1) is 6.04 Å². The number of rotatable bonds is 6. The summed E-state index contributed by atoms with van der Waals surface area (Å²) >= 11 is 0. The number of amides is 2. The van der Waals surface area contributed by atoms with Gasteiger partial charge >= 0.3 is 6.03 Å². The summed E-state index contributed by atoms with van der Waals surface area (Å²) < 4.78 is 15.3. The standard InChI is InChI=1S/C14H18FN5O/c1-11(12-5-2-3-6-13(12)15)19-14(21)17-7-4-8-20-10-16-9-18-20/h2-3,5-6,9-11H,4,7-8H2,1H3,(H2,17,19,21)/t11-/m0/s1. The van der Waals surface area contributed by atoms with E-state index in [1.165, 1.54) is 12.4 Å². The Kier molecular flexibility index (Phi) is 5.25. The predicted octanol–water partition coefficient (Wildman–Crippen LogP) is 1.87. The largest absolute Gasteiger partial charge is 0.338 e. The lowest BCUT2D eigenvalue weighted by Gasteiger charge is -2.15. The first kappa shape index (κ1) is 15.0. The number of benzene rings is 1. The zero-order valence-electron chi connectivity index (χ0n) is 11.8. The summed E-state index contributed by atoms with van der Waals surface area (Å²) in [6.07, 6.45) is 3.83. The van der Waals surface area contributed by atoms with Crippen molar-refractivity contribution >= 4 is 6.03 Å². The van der Waals surface area contributed by atoms with Crippen molar-refractivity contribution in [2.24, 2.45) is 0 Å². The highest BCUT2D eigenvalue weighted by atomic mass is 19.1. The summed E-state index contributed by atoms with van der Waals surface area (Å²) in [7, 11) is 0. The second-order valence-electron chi connectivity index (χ2n) is 4.66. The highest BCUT2D eigenvalue weighted by Crippen LogP contribution is 2.15. The third kappa shape index (κ3) is 4.55. The fraction of sp³-hybridized carbons (Fsp3) is 0.357. The van der Waals surface area contributed by atoms with Crippen LogP contribution in [0.2, 0.25) is 0 Å². The topological polar surface area (TPSA) is 71.8 Å². The van der Waals surface area contributed by atoms with Crippen molar-refractivity contribution in [2.75, 3.05) is 6.54 Å². The Morgan fingerprint density at radius 2 is 2.24 bits per heavy atom. The number of aromatic nitrogens is 3. The molecule has 2 rings (SSSR count). The molecule has 1 atom stereocenters. The monoisotopic (exact) mass is 291 g/mol. The van der Waals surface area contributed by atoms with Gasteiger partial charge in [-0.15, -0.1) is 0 Å². The van der Waals surface area contributed by atoms with Crippen LogP contribution in [0.15, 0.2) is 36.9 Å². The number of nitrogens with zero attached hydrogens (tertiary/aromatic N) is 3. The highest BCUT2D eigenvalue weighted by molar-refractivity contribution is 5.74. The van der Waals surface area contributed by atoms with Crippen LogP contribution in [0.1, 0.15) is 24.9 Å². The molecule has 0 saturated carbocycles. The summed E-state index contributed by atoms with van der Waals surface area (Å²) in [6.45, 7) is 2.94. The molecule has 0 aliphatic rings. The van der Waals surface area contributed by atoms with Crippen LogP contribution in [0.25, 0.3) is 0 Å². The molecule has 2 amide bonds. The van der Waals surface area contributed by atoms with Crippen LogP contribution in [0.5, 0.6) is 0 Å². The number of urea groups is 1. The zero-order valence-corrected chi connectivity index (χ0v) is 11.8. The lowest BCUT2D eigenvalue weighted by Crippen LogP contribution is -2.38. The lowest BCUT2D eigenvalue weighted by molar-refractivity contribution is 0.237. The van der Waals surface area contributed by atoms with E-state index in [-0.39, 0.29) is 17.9 Å². The van der Waals surface area contributed by atoms with E-state index in [2.05, 4.69) is 20.7 Å². The molecule has 1 aromatic carbocycles. The number of halogens is 1. The van der Waals surface area contributed by atoms with Gasteiger partial charge in [0.15, 0.2) is 0 Å². The SMILES string of the molecule is C[C@H](NC(=O)NCCCn1cncn1)c1ccccc1F. The van der Waals surface area contributed by atoms with Crippen LogP contribution in [-0.2, 0) is 6.54 Å². The van der Waals surface area contributed by atoms with Gasteiger partial charge < -0.3 is 10.6 Å². The van der Waals surface area contributed by atoms with Gasteiger partial charge in [0.2, 0.25) is 0 Å². The third-order valence-electron chi connectivity index (χ3n) is 3.04. The fourth-order valence-corrected chi connectivity index (χ4v) is 1.94. The van der Waals surface area contributed by atoms with Crippen molar-refractivity contribution in [2.45, 2.75) is 25.9 Å². The molecule has 0 bridgehead atoms. The molecule has 112 valence electrons. The molecule has 2 aromatic rings. The molecule has 0 saturated heterocycles. The highest BCUT2D eigenvalue weighted by Gasteiger charge is 2.12. The van der Waals surface area contributed by atoms with Gasteiger partial charge in [-0.05, 0) is 19.4 Å². The van der Waals surface area contributed by atoms with Crippen molar-refractivity contribution in [3.63, 3.8) is 0 Å². The maximum atomic E-state index is 13.6. The van der Waals surface area contributed by atoms with E-state index in [1.807, 2.05) is 0 Å². The Morgan fingerprint density at radius 3 is 2.95 bits per heavy atom. The van der Waals surface area contributed by atoms with Gasteiger partial charge in [0.25, 0.3) is 0 Å². The maximum Gasteiger partial charge on any atom is 0.315 e. The minimum absolute atomic E-state index is 0.315. The number of nitrogens with one attached hydrogen (secondary N) is 2. The number of carbonyl (C=O) groups is 1. The minimum Gasteiger partial charge on any atom is -0.338 e. The van der Waals surface area contributed by atoms with Crippen molar-refractivity contribution in [3.05, 3.63) is 48.3 Å². The molecule has 0 fully saturated rings. The number of aryl methyl sites for hydroxylation is 1. The van der Waals surface area contributed by atoms with E-state index in [0.717, 1.165) is 6.42 Å². The van der Waals surface area contributed by atoms with Gasteiger partial charge in [0, 0.05) is 18.7 Å². The van der Waals surface area contributed by atoms with Gasteiger partial charge in [-0.3, -0.25) is 4.68 Å². The Bertz CT molecular complexity index is 573. The summed E-state index contributed by atoms with van der Waals surface area (Å²) in [4.78, 5) is 15.6. The van der Waals surface area contributed by atoms with Gasteiger partial charge in [-0.2, -0.15) is 5.10 Å². The van der Waals surface area contributed by atoms with Crippen LogP contribution in [0, 0.1) is 5.82 Å². The summed E-state index contributed by atoms with van der Waals surface area (Å²) in [6, 6.07) is 5.70. The first-order valence-electron chi connectivity index (χ1n) is 6.78. The third-order valence-corrected chi connectivity index (χ3v) is 3.04. The maximum absolute atomic E-state index is 13.6. The van der Waals surface area contributed by atoms with Crippen LogP contribution in [0.4, 0.5) is 9.18 Å². The predicted molar refractivity (Wildman–Crippen MR) is 76.0 cm³/mol. The first-order valence-corrected chi connectivity index (χ1v) is 6.78. The summed E-state index contributed by atoms with van der Waals surface area (Å²) in [5.74, 6) is -0.323. The van der Waals surface area contributed by atoms with Gasteiger partial charge in [-0.1, -0.05) is 18.2 Å². The Morgan fingerprint density at radius 1 is 1.43 bits per heavy atom. The molecule has 0 radical (unpaired) electrons. The minimum atomic E-state index is -0.387. The fourth-order valence-electron chi connectivity index (χ4n) is 1.94. The molecular weight excluding hydrogens is 273 g/mol. The van der Waals surface area contributed by atoms with Gasteiger partial charge in [-0.25, -0.2) is 14.2 Å². The van der Waals surface area contributed by atoms with E-state index in [1.54, 1.807) is 36.1 Å². The van der Waals surface area contributed by atoms with Crippen LogP contribution < -0.4 is 10.6 Å². The zero-order chi connectivity index (χ0) is 15.1. The van der Waals surface area contributed by atoms with Crippen LogP contribution in [-0.4, -0.2) is 27.3 Å². The summed E-state index contributed by atoms with van der Waals surface area (Å²) in [5.41, 5.74) is 0.468. The van der Waals surface area contributed by atoms with E-state index in [0.29, 0.717) is 18.7 Å². The van der Waals surface area contributed by atoms with Crippen LogP contribution in [0.3, 0.4) is 0 Å². The Balaban J connectivity index is 1.70.